The first-order chi connectivity index (χ1) is 7.43. The third-order valence-electron chi connectivity index (χ3n) is 2.93. The van der Waals surface area contributed by atoms with Crippen molar-refractivity contribution >= 4 is 11.1 Å². The van der Waals surface area contributed by atoms with Gasteiger partial charge in [-0.15, -0.1) is 0 Å². The van der Waals surface area contributed by atoms with Gasteiger partial charge in [0.25, 0.3) is 0 Å². The summed E-state index contributed by atoms with van der Waals surface area (Å²) in [6.07, 6.45) is 2.15. The number of nitrogens with zero attached hydrogens (tertiary/aromatic N) is 2. The molecule has 0 saturated carbocycles. The van der Waals surface area contributed by atoms with Gasteiger partial charge in [0.2, 0.25) is 0 Å². The van der Waals surface area contributed by atoms with Crippen LogP contribution in [0.1, 0.15) is 24.7 Å². The van der Waals surface area contributed by atoms with Crippen molar-refractivity contribution in [1.82, 2.24) is 10.3 Å². The van der Waals surface area contributed by atoms with E-state index in [1.807, 2.05) is 24.3 Å². The summed E-state index contributed by atoms with van der Waals surface area (Å²) in [5, 5.41) is 4.34. The van der Waals surface area contributed by atoms with Gasteiger partial charge in [0.15, 0.2) is 11.5 Å². The Morgan fingerprint density at radius 3 is 2.73 bits per heavy atom. The van der Waals surface area contributed by atoms with Gasteiger partial charge in [-0.3, -0.25) is 0 Å². The third kappa shape index (κ3) is 1.63. The second kappa shape index (κ2) is 3.66. The molecule has 1 aromatic carbocycles. The summed E-state index contributed by atoms with van der Waals surface area (Å²) in [6, 6.07) is 7.94. The third-order valence-corrected chi connectivity index (χ3v) is 2.93. The maximum Gasteiger partial charge on any atom is 0.198 e. The van der Waals surface area contributed by atoms with Crippen LogP contribution < -0.4 is 5.32 Å². The normalized spacial score (nSPS) is 18.4. The van der Waals surface area contributed by atoms with Crippen LogP contribution in [0.4, 0.5) is 0 Å². The van der Waals surface area contributed by atoms with E-state index in [0.29, 0.717) is 5.92 Å². The minimum atomic E-state index is 0.467. The molecule has 0 aliphatic carbocycles. The first kappa shape index (κ1) is 8.92. The standard InChI is InChI=1S/C12H13N2O/c1-2-4-11-10(3-1)14-12(15-11)9-5-7-13-8-6-9/h1-4,9H,5-8H2. The number of benzene rings is 1. The average Bonchev–Trinajstić information content (AvgIpc) is 2.74. The lowest BCUT2D eigenvalue weighted by atomic mass is 9.98. The van der Waals surface area contributed by atoms with E-state index < -0.39 is 0 Å². The second-order valence-corrected chi connectivity index (χ2v) is 3.96. The molecule has 1 aromatic heterocycles. The Labute approximate surface area is 88.5 Å². The van der Waals surface area contributed by atoms with E-state index in [1.165, 1.54) is 0 Å². The van der Waals surface area contributed by atoms with E-state index in [-0.39, 0.29) is 0 Å². The Kier molecular flexibility index (Phi) is 2.18. The molecule has 0 bridgehead atoms. The molecule has 0 spiro atoms. The zero-order chi connectivity index (χ0) is 10.1. The van der Waals surface area contributed by atoms with Crippen molar-refractivity contribution < 1.29 is 4.42 Å². The molecule has 1 radical (unpaired) electrons. The number of para-hydroxylation sites is 2. The Bertz CT molecular complexity index is 424. The van der Waals surface area contributed by atoms with Crippen LogP contribution in [0.3, 0.4) is 0 Å². The number of rotatable bonds is 1. The number of oxazole rings is 1. The molecule has 0 unspecified atom stereocenters. The highest BCUT2D eigenvalue weighted by atomic mass is 16.3. The van der Waals surface area contributed by atoms with Crippen molar-refractivity contribution in [2.45, 2.75) is 18.8 Å². The molecule has 0 atom stereocenters. The van der Waals surface area contributed by atoms with Crippen molar-refractivity contribution in [2.24, 2.45) is 0 Å². The molecular weight excluding hydrogens is 188 g/mol. The first-order valence-corrected chi connectivity index (χ1v) is 5.42. The minimum absolute atomic E-state index is 0.467. The lowest BCUT2D eigenvalue weighted by Crippen LogP contribution is -2.21. The molecule has 77 valence electrons. The molecule has 1 fully saturated rings. The van der Waals surface area contributed by atoms with Crippen LogP contribution in [0.25, 0.3) is 11.1 Å². The first-order valence-electron chi connectivity index (χ1n) is 5.42. The summed E-state index contributed by atoms with van der Waals surface area (Å²) in [6.45, 7) is 1.90. The van der Waals surface area contributed by atoms with Gasteiger partial charge in [-0.05, 0) is 25.0 Å². The van der Waals surface area contributed by atoms with Gasteiger partial charge in [0, 0.05) is 19.0 Å². The van der Waals surface area contributed by atoms with Gasteiger partial charge in [-0.25, -0.2) is 10.3 Å². The molecule has 2 heterocycles. The van der Waals surface area contributed by atoms with Crippen LogP contribution >= 0.6 is 0 Å². The van der Waals surface area contributed by atoms with Gasteiger partial charge < -0.3 is 4.42 Å². The fourth-order valence-corrected chi connectivity index (χ4v) is 2.06. The number of aromatic nitrogens is 1. The zero-order valence-corrected chi connectivity index (χ0v) is 8.52. The summed E-state index contributed by atoms with van der Waals surface area (Å²) >= 11 is 0. The molecule has 15 heavy (non-hydrogen) atoms. The van der Waals surface area contributed by atoms with Crippen LogP contribution in [0.2, 0.25) is 0 Å². The molecule has 3 nitrogen and oxygen atoms in total. The van der Waals surface area contributed by atoms with Crippen LogP contribution in [-0.2, 0) is 0 Å². The lowest BCUT2D eigenvalue weighted by molar-refractivity contribution is 0.381. The molecular formula is C12H13N2O. The summed E-state index contributed by atoms with van der Waals surface area (Å²) in [5.74, 6) is 1.36. The maximum atomic E-state index is 5.75. The van der Waals surface area contributed by atoms with E-state index in [1.54, 1.807) is 0 Å². The minimum Gasteiger partial charge on any atom is -0.440 e. The monoisotopic (exact) mass is 201 g/mol. The average molecular weight is 201 g/mol. The highest BCUT2D eigenvalue weighted by Gasteiger charge is 2.20. The Balaban J connectivity index is 1.96. The molecule has 0 N–H and O–H groups in total. The SMILES string of the molecule is c1ccc2oc(C3CC[N]CC3)nc2c1. The van der Waals surface area contributed by atoms with Crippen LogP contribution in [0.15, 0.2) is 28.7 Å². The van der Waals surface area contributed by atoms with E-state index >= 15 is 0 Å². The summed E-state index contributed by atoms with van der Waals surface area (Å²) < 4.78 is 5.75. The molecule has 1 saturated heterocycles. The zero-order valence-electron chi connectivity index (χ0n) is 8.52. The number of piperidine rings is 1. The van der Waals surface area contributed by atoms with Gasteiger partial charge in [0.1, 0.15) is 5.52 Å². The summed E-state index contributed by atoms with van der Waals surface area (Å²) in [4.78, 5) is 4.53. The van der Waals surface area contributed by atoms with E-state index in [0.717, 1.165) is 42.9 Å². The van der Waals surface area contributed by atoms with E-state index in [4.69, 9.17) is 4.42 Å². The Morgan fingerprint density at radius 2 is 1.93 bits per heavy atom. The molecule has 3 heteroatoms. The van der Waals surface area contributed by atoms with Gasteiger partial charge in [0.05, 0.1) is 0 Å². The number of hydrogen-bond donors (Lipinski definition) is 0. The van der Waals surface area contributed by atoms with Gasteiger partial charge in [-0.1, -0.05) is 12.1 Å². The quantitative estimate of drug-likeness (QED) is 0.710. The fourth-order valence-electron chi connectivity index (χ4n) is 2.06. The maximum absolute atomic E-state index is 5.75. The predicted octanol–water partition coefficient (Wildman–Crippen LogP) is 2.31. The second-order valence-electron chi connectivity index (χ2n) is 3.96. The lowest BCUT2D eigenvalue weighted by Gasteiger charge is -2.17. The smallest absolute Gasteiger partial charge is 0.198 e. The van der Waals surface area contributed by atoms with Crippen molar-refractivity contribution in [3.63, 3.8) is 0 Å². The van der Waals surface area contributed by atoms with E-state index in [9.17, 15) is 0 Å². The summed E-state index contributed by atoms with van der Waals surface area (Å²) in [5.41, 5.74) is 1.87. The Morgan fingerprint density at radius 1 is 1.13 bits per heavy atom. The van der Waals surface area contributed by atoms with Crippen molar-refractivity contribution in [1.29, 1.82) is 0 Å². The highest BCUT2D eigenvalue weighted by molar-refractivity contribution is 5.72. The fraction of sp³-hybridized carbons (Fsp3) is 0.417. The molecule has 0 amide bonds. The number of fused-ring (bicyclic) bond motifs is 1. The molecule has 3 rings (SSSR count). The van der Waals surface area contributed by atoms with Crippen LogP contribution in [0, 0.1) is 0 Å². The highest BCUT2D eigenvalue weighted by Crippen LogP contribution is 2.27. The topological polar surface area (TPSA) is 40.1 Å². The number of hydrogen-bond acceptors (Lipinski definition) is 2. The molecule has 1 aliphatic heterocycles. The predicted molar refractivity (Wildman–Crippen MR) is 57.9 cm³/mol. The van der Waals surface area contributed by atoms with Gasteiger partial charge in [-0.2, -0.15) is 0 Å². The van der Waals surface area contributed by atoms with Crippen molar-refractivity contribution in [3.8, 4) is 0 Å². The van der Waals surface area contributed by atoms with E-state index in [2.05, 4.69) is 10.3 Å². The Hall–Kier alpha value is -1.35. The molecule has 2 aromatic rings. The largest absolute Gasteiger partial charge is 0.440 e. The van der Waals surface area contributed by atoms with Crippen LogP contribution in [0.5, 0.6) is 0 Å². The molecule has 1 aliphatic rings. The summed E-state index contributed by atoms with van der Waals surface area (Å²) in [7, 11) is 0. The van der Waals surface area contributed by atoms with Gasteiger partial charge >= 0.3 is 0 Å². The van der Waals surface area contributed by atoms with Crippen LogP contribution in [-0.4, -0.2) is 18.1 Å². The van der Waals surface area contributed by atoms with Crippen molar-refractivity contribution in [2.75, 3.05) is 13.1 Å². The van der Waals surface area contributed by atoms with Crippen molar-refractivity contribution in [3.05, 3.63) is 30.2 Å².